The maximum absolute atomic E-state index is 11.5. The van der Waals surface area contributed by atoms with Crippen LogP contribution in [0.4, 0.5) is 0 Å². The molecule has 1 atom stereocenters. The van der Waals surface area contributed by atoms with Gasteiger partial charge in [-0.05, 0) is 5.56 Å². The fraction of sp³-hybridized carbons (Fsp3) is 0.333. The van der Waals surface area contributed by atoms with Crippen molar-refractivity contribution in [2.75, 3.05) is 0 Å². The third-order valence-corrected chi connectivity index (χ3v) is 2.23. The highest BCUT2D eigenvalue weighted by molar-refractivity contribution is 5.88. The lowest BCUT2D eigenvalue weighted by atomic mass is 10.1. The summed E-state index contributed by atoms with van der Waals surface area (Å²) in [5.41, 5.74) is 5.96. The van der Waals surface area contributed by atoms with Crippen molar-refractivity contribution in [3.8, 4) is 0 Å². The van der Waals surface area contributed by atoms with Crippen molar-refractivity contribution in [1.29, 1.82) is 0 Å². The minimum absolute atomic E-state index is 0.175. The van der Waals surface area contributed by atoms with E-state index in [0.717, 1.165) is 0 Å². The van der Waals surface area contributed by atoms with Gasteiger partial charge in [-0.15, -0.1) is 0 Å². The second-order valence-electron chi connectivity index (χ2n) is 3.91. The minimum Gasteiger partial charge on any atom is -0.368 e. The predicted octanol–water partition coefficient (Wildman–Crippen LogP) is 0.985. The zero-order valence-electron chi connectivity index (χ0n) is 9.44. The molecule has 4 heteroatoms. The van der Waals surface area contributed by atoms with Gasteiger partial charge in [0.1, 0.15) is 6.04 Å². The third-order valence-electron chi connectivity index (χ3n) is 2.23. The lowest BCUT2D eigenvalue weighted by molar-refractivity contribution is -0.129. The Kier molecular flexibility index (Phi) is 4.05. The maximum Gasteiger partial charge on any atom is 0.244 e. The molecule has 3 N–H and O–H groups in total. The maximum atomic E-state index is 11.5. The molecule has 1 aromatic carbocycles. The van der Waals surface area contributed by atoms with E-state index in [1.807, 2.05) is 6.07 Å². The Labute approximate surface area is 94.8 Å². The Balaban J connectivity index is 2.85. The number of primary amides is 1. The van der Waals surface area contributed by atoms with Crippen molar-refractivity contribution in [3.05, 3.63) is 35.9 Å². The topological polar surface area (TPSA) is 72.2 Å². The molecular formula is C12H16N2O2. The van der Waals surface area contributed by atoms with Gasteiger partial charge in [-0.3, -0.25) is 9.59 Å². The predicted molar refractivity (Wildman–Crippen MR) is 61.4 cm³/mol. The van der Waals surface area contributed by atoms with Crippen molar-refractivity contribution < 1.29 is 9.59 Å². The van der Waals surface area contributed by atoms with Gasteiger partial charge in [-0.2, -0.15) is 0 Å². The molecule has 0 aliphatic carbocycles. The molecule has 86 valence electrons. The van der Waals surface area contributed by atoms with Crippen LogP contribution in [-0.2, 0) is 9.59 Å². The molecule has 4 nitrogen and oxygen atoms in total. The first-order valence-corrected chi connectivity index (χ1v) is 5.17. The number of nitrogens with two attached hydrogens (primary N) is 1. The molecule has 2 amide bonds. The molecule has 0 fully saturated rings. The second kappa shape index (κ2) is 5.30. The summed E-state index contributed by atoms with van der Waals surface area (Å²) in [5, 5.41) is 2.62. The Bertz CT molecular complexity index is 374. The van der Waals surface area contributed by atoms with Crippen LogP contribution in [0.25, 0.3) is 0 Å². The molecule has 0 spiro atoms. The summed E-state index contributed by atoms with van der Waals surface area (Å²) in [6.07, 6.45) is 0. The summed E-state index contributed by atoms with van der Waals surface area (Å²) in [7, 11) is 0. The fourth-order valence-electron chi connectivity index (χ4n) is 1.27. The molecule has 0 aliphatic heterocycles. The molecule has 0 aromatic heterocycles. The van der Waals surface area contributed by atoms with Crippen LogP contribution < -0.4 is 11.1 Å². The van der Waals surface area contributed by atoms with E-state index in [0.29, 0.717) is 5.56 Å². The number of carbonyl (C=O) groups excluding carboxylic acids is 2. The van der Waals surface area contributed by atoms with E-state index >= 15 is 0 Å². The van der Waals surface area contributed by atoms with Gasteiger partial charge in [0.05, 0.1) is 0 Å². The third kappa shape index (κ3) is 3.08. The van der Waals surface area contributed by atoms with E-state index < -0.39 is 11.9 Å². The van der Waals surface area contributed by atoms with Gasteiger partial charge in [0.2, 0.25) is 11.8 Å². The molecule has 1 aromatic rings. The largest absolute Gasteiger partial charge is 0.368 e. The first-order chi connectivity index (χ1) is 7.52. The molecule has 0 saturated carbocycles. The number of carbonyl (C=O) groups is 2. The average Bonchev–Trinajstić information content (AvgIpc) is 2.26. The van der Waals surface area contributed by atoms with E-state index in [2.05, 4.69) is 5.32 Å². The zero-order chi connectivity index (χ0) is 12.1. The second-order valence-corrected chi connectivity index (χ2v) is 3.91. The summed E-state index contributed by atoms with van der Waals surface area (Å²) < 4.78 is 0. The van der Waals surface area contributed by atoms with E-state index in [1.54, 1.807) is 38.1 Å². The molecule has 1 rings (SSSR count). The molecule has 0 aliphatic rings. The Morgan fingerprint density at radius 2 is 1.75 bits per heavy atom. The summed E-state index contributed by atoms with van der Waals surface area (Å²) in [5.74, 6) is -0.918. The van der Waals surface area contributed by atoms with Gasteiger partial charge in [-0.1, -0.05) is 44.2 Å². The van der Waals surface area contributed by atoms with Crippen LogP contribution in [0.3, 0.4) is 0 Å². The molecule has 1 unspecified atom stereocenters. The molecule has 0 heterocycles. The lowest BCUT2D eigenvalue weighted by Crippen LogP contribution is -2.39. The number of nitrogens with one attached hydrogen (secondary N) is 1. The first-order valence-electron chi connectivity index (χ1n) is 5.17. The smallest absolute Gasteiger partial charge is 0.244 e. The first kappa shape index (κ1) is 12.2. The van der Waals surface area contributed by atoms with Gasteiger partial charge in [0.15, 0.2) is 0 Å². The van der Waals surface area contributed by atoms with Gasteiger partial charge in [-0.25, -0.2) is 0 Å². The molecule has 0 saturated heterocycles. The van der Waals surface area contributed by atoms with Crippen molar-refractivity contribution in [2.45, 2.75) is 19.9 Å². The van der Waals surface area contributed by atoms with Gasteiger partial charge >= 0.3 is 0 Å². The lowest BCUT2D eigenvalue weighted by Gasteiger charge is -2.17. The number of hydrogen-bond donors (Lipinski definition) is 2. The highest BCUT2D eigenvalue weighted by atomic mass is 16.2. The minimum atomic E-state index is -0.754. The van der Waals surface area contributed by atoms with Crippen LogP contribution in [0.5, 0.6) is 0 Å². The molecule has 0 bridgehead atoms. The summed E-state index contributed by atoms with van der Waals surface area (Å²) in [6, 6.07) is 8.20. The van der Waals surface area contributed by atoms with E-state index in [-0.39, 0.29) is 11.8 Å². The van der Waals surface area contributed by atoms with Crippen LogP contribution >= 0.6 is 0 Å². The highest BCUT2D eigenvalue weighted by Gasteiger charge is 2.20. The highest BCUT2D eigenvalue weighted by Crippen LogP contribution is 2.12. The number of amides is 2. The van der Waals surface area contributed by atoms with Crippen LogP contribution in [0, 0.1) is 5.92 Å². The van der Waals surface area contributed by atoms with Crippen molar-refractivity contribution in [3.63, 3.8) is 0 Å². The number of benzene rings is 1. The Morgan fingerprint density at radius 1 is 1.19 bits per heavy atom. The zero-order valence-corrected chi connectivity index (χ0v) is 9.44. The van der Waals surface area contributed by atoms with Crippen LogP contribution in [-0.4, -0.2) is 11.8 Å². The molecular weight excluding hydrogens is 204 g/mol. The Morgan fingerprint density at radius 3 is 2.19 bits per heavy atom. The van der Waals surface area contributed by atoms with Crippen molar-refractivity contribution >= 4 is 11.8 Å². The summed E-state index contributed by atoms with van der Waals surface area (Å²) >= 11 is 0. The SMILES string of the molecule is CC(C)C(=O)NC(C(N)=O)c1ccccc1. The number of hydrogen-bond acceptors (Lipinski definition) is 2. The Hall–Kier alpha value is -1.84. The van der Waals surface area contributed by atoms with Crippen LogP contribution in [0.1, 0.15) is 25.5 Å². The number of rotatable bonds is 4. The van der Waals surface area contributed by atoms with Gasteiger partial charge in [0, 0.05) is 5.92 Å². The normalized spacial score (nSPS) is 12.2. The van der Waals surface area contributed by atoms with Crippen LogP contribution in [0.2, 0.25) is 0 Å². The van der Waals surface area contributed by atoms with E-state index in [4.69, 9.17) is 5.73 Å². The van der Waals surface area contributed by atoms with Crippen molar-refractivity contribution in [2.24, 2.45) is 11.7 Å². The van der Waals surface area contributed by atoms with E-state index in [9.17, 15) is 9.59 Å². The van der Waals surface area contributed by atoms with Crippen LogP contribution in [0.15, 0.2) is 30.3 Å². The van der Waals surface area contributed by atoms with E-state index in [1.165, 1.54) is 0 Å². The van der Waals surface area contributed by atoms with Gasteiger partial charge in [0.25, 0.3) is 0 Å². The average molecular weight is 220 g/mol. The monoisotopic (exact) mass is 220 g/mol. The fourth-order valence-corrected chi connectivity index (χ4v) is 1.27. The quantitative estimate of drug-likeness (QED) is 0.794. The van der Waals surface area contributed by atoms with Gasteiger partial charge < -0.3 is 11.1 Å². The standard InChI is InChI=1S/C12H16N2O2/c1-8(2)12(16)14-10(11(13)15)9-6-4-3-5-7-9/h3-8,10H,1-2H3,(H2,13,15)(H,14,16). The summed E-state index contributed by atoms with van der Waals surface area (Å²) in [4.78, 5) is 22.8. The molecule has 16 heavy (non-hydrogen) atoms. The van der Waals surface area contributed by atoms with Crippen molar-refractivity contribution in [1.82, 2.24) is 5.32 Å². The molecule has 0 radical (unpaired) electrons. The summed E-state index contributed by atoms with van der Waals surface area (Å²) in [6.45, 7) is 3.52.